The van der Waals surface area contributed by atoms with Crippen molar-refractivity contribution in [2.45, 2.75) is 12.7 Å². The van der Waals surface area contributed by atoms with E-state index in [1.165, 1.54) is 11.3 Å². The van der Waals surface area contributed by atoms with Crippen LogP contribution in [0.25, 0.3) is 10.6 Å². The van der Waals surface area contributed by atoms with Crippen molar-refractivity contribution >= 4 is 38.1 Å². The number of sulfonamides is 1. The van der Waals surface area contributed by atoms with Gasteiger partial charge >= 0.3 is 0 Å². The molecule has 0 aliphatic carbocycles. The Labute approximate surface area is 149 Å². The molecule has 5 nitrogen and oxygen atoms in total. The van der Waals surface area contributed by atoms with Crippen LogP contribution in [0, 0.1) is 6.92 Å². The van der Waals surface area contributed by atoms with Crippen molar-refractivity contribution in [2.24, 2.45) is 0 Å². The van der Waals surface area contributed by atoms with E-state index in [4.69, 9.17) is 11.6 Å². The summed E-state index contributed by atoms with van der Waals surface area (Å²) in [5.41, 5.74) is 2.70. The number of anilines is 1. The Balaban J connectivity index is 1.73. The number of benzene rings is 2. The number of hydrogen-bond acceptors (Lipinski definition) is 5. The highest BCUT2D eigenvalue weighted by Gasteiger charge is 2.15. The molecule has 3 aromatic rings. The third-order valence-electron chi connectivity index (χ3n) is 3.24. The van der Waals surface area contributed by atoms with Crippen molar-refractivity contribution in [1.29, 1.82) is 0 Å². The molecule has 1 heterocycles. The topological polar surface area (TPSA) is 72.0 Å². The van der Waals surface area contributed by atoms with Crippen molar-refractivity contribution in [3.8, 4) is 10.6 Å². The molecular weight excluding hydrogens is 366 g/mol. The van der Waals surface area contributed by atoms with E-state index in [1.807, 2.05) is 31.2 Å². The Hall–Kier alpha value is -1.96. The summed E-state index contributed by atoms with van der Waals surface area (Å²) in [5, 5.41) is 9.44. The second-order valence-corrected chi connectivity index (χ2v) is 8.40. The summed E-state index contributed by atoms with van der Waals surface area (Å²) in [4.78, 5) is 0. The van der Waals surface area contributed by atoms with Gasteiger partial charge in [-0.1, -0.05) is 64.9 Å². The molecule has 0 atom stereocenters. The van der Waals surface area contributed by atoms with Crippen LogP contribution < -0.4 is 4.72 Å². The van der Waals surface area contributed by atoms with E-state index in [0.29, 0.717) is 15.6 Å². The van der Waals surface area contributed by atoms with E-state index in [1.54, 1.807) is 24.3 Å². The number of nitrogens with zero attached hydrogens (tertiary/aromatic N) is 2. The molecule has 8 heteroatoms. The Morgan fingerprint density at radius 3 is 2.38 bits per heavy atom. The fourth-order valence-corrected chi connectivity index (χ4v) is 4.33. The first-order valence-corrected chi connectivity index (χ1v) is 9.91. The lowest BCUT2D eigenvalue weighted by Crippen LogP contribution is -2.14. The van der Waals surface area contributed by atoms with E-state index in [0.717, 1.165) is 11.1 Å². The maximum absolute atomic E-state index is 12.2. The Kier molecular flexibility index (Phi) is 4.84. The molecule has 0 aliphatic heterocycles. The lowest BCUT2D eigenvalue weighted by Gasteiger charge is -2.04. The molecule has 124 valence electrons. The normalized spacial score (nSPS) is 11.4. The summed E-state index contributed by atoms with van der Waals surface area (Å²) in [6.07, 6.45) is 0. The molecule has 0 fully saturated rings. The van der Waals surface area contributed by atoms with Crippen LogP contribution in [0.3, 0.4) is 0 Å². The number of halogens is 1. The first-order chi connectivity index (χ1) is 11.4. The van der Waals surface area contributed by atoms with Crippen LogP contribution in [0.1, 0.15) is 11.1 Å². The Bertz CT molecular complexity index is 936. The quantitative estimate of drug-likeness (QED) is 0.724. The van der Waals surface area contributed by atoms with Gasteiger partial charge < -0.3 is 0 Å². The highest BCUT2D eigenvalue weighted by molar-refractivity contribution is 7.92. The first kappa shape index (κ1) is 16.9. The molecule has 0 amide bonds. The molecule has 0 aliphatic rings. The second kappa shape index (κ2) is 6.88. The third-order valence-corrected chi connectivity index (χ3v) is 5.72. The molecule has 3 rings (SSSR count). The van der Waals surface area contributed by atoms with Crippen LogP contribution in [0.4, 0.5) is 5.13 Å². The number of aryl methyl sites for hydroxylation is 1. The summed E-state index contributed by atoms with van der Waals surface area (Å²) < 4.78 is 26.9. The molecule has 1 aromatic heterocycles. The standard InChI is InChI=1S/C16H14ClN3O2S2/c1-11-2-6-13(7-3-11)15-18-19-16(23-15)20-24(21,22)10-12-4-8-14(17)9-5-12/h2-9H,10H2,1H3,(H,19,20). The fraction of sp³-hybridized carbons (Fsp3) is 0.125. The third kappa shape index (κ3) is 4.31. The summed E-state index contributed by atoms with van der Waals surface area (Å²) in [6, 6.07) is 14.5. The van der Waals surface area contributed by atoms with Crippen molar-refractivity contribution in [3.05, 3.63) is 64.7 Å². The number of hydrogen-bond donors (Lipinski definition) is 1. The lowest BCUT2D eigenvalue weighted by molar-refractivity contribution is 0.600. The minimum Gasteiger partial charge on any atom is -0.257 e. The molecule has 0 unspecified atom stereocenters. The average Bonchev–Trinajstić information content (AvgIpc) is 2.98. The van der Waals surface area contributed by atoms with Gasteiger partial charge in [0.15, 0.2) is 0 Å². The van der Waals surface area contributed by atoms with Crippen LogP contribution in [0.15, 0.2) is 48.5 Å². The zero-order valence-corrected chi connectivity index (χ0v) is 15.1. The molecule has 0 saturated carbocycles. The van der Waals surface area contributed by atoms with Crippen molar-refractivity contribution in [3.63, 3.8) is 0 Å². The molecule has 1 N–H and O–H groups in total. The maximum atomic E-state index is 12.2. The van der Waals surface area contributed by atoms with Gasteiger partial charge in [-0.3, -0.25) is 4.72 Å². The van der Waals surface area contributed by atoms with Gasteiger partial charge in [0.25, 0.3) is 0 Å². The average molecular weight is 380 g/mol. The molecular formula is C16H14ClN3O2S2. The van der Waals surface area contributed by atoms with E-state index in [2.05, 4.69) is 14.9 Å². The van der Waals surface area contributed by atoms with E-state index >= 15 is 0 Å². The SMILES string of the molecule is Cc1ccc(-c2nnc(NS(=O)(=O)Cc3ccc(Cl)cc3)s2)cc1. The van der Waals surface area contributed by atoms with Crippen LogP contribution >= 0.6 is 22.9 Å². The van der Waals surface area contributed by atoms with Crippen LogP contribution in [-0.2, 0) is 15.8 Å². The summed E-state index contributed by atoms with van der Waals surface area (Å²) in [5.74, 6) is -0.149. The van der Waals surface area contributed by atoms with Gasteiger partial charge in [0.05, 0.1) is 5.75 Å². The highest BCUT2D eigenvalue weighted by Crippen LogP contribution is 2.27. The number of nitrogens with one attached hydrogen (secondary N) is 1. The van der Waals surface area contributed by atoms with Gasteiger partial charge in [-0.05, 0) is 24.6 Å². The van der Waals surface area contributed by atoms with Crippen molar-refractivity contribution in [2.75, 3.05) is 4.72 Å². The number of aromatic nitrogens is 2. The second-order valence-electron chi connectivity index (χ2n) is 5.27. The predicted octanol–water partition coefficient (Wildman–Crippen LogP) is 4.11. The molecule has 2 aromatic carbocycles. The summed E-state index contributed by atoms with van der Waals surface area (Å²) >= 11 is 7.00. The van der Waals surface area contributed by atoms with Gasteiger partial charge in [-0.15, -0.1) is 10.2 Å². The summed E-state index contributed by atoms with van der Waals surface area (Å²) in [7, 11) is -3.56. The molecule has 0 bridgehead atoms. The zero-order valence-electron chi connectivity index (χ0n) is 12.7. The largest absolute Gasteiger partial charge is 0.257 e. The molecule has 0 radical (unpaired) electrons. The van der Waals surface area contributed by atoms with E-state index in [-0.39, 0.29) is 10.9 Å². The Morgan fingerprint density at radius 1 is 1.04 bits per heavy atom. The molecule has 0 saturated heterocycles. The highest BCUT2D eigenvalue weighted by atomic mass is 35.5. The monoisotopic (exact) mass is 379 g/mol. The van der Waals surface area contributed by atoms with Crippen LogP contribution in [-0.4, -0.2) is 18.6 Å². The van der Waals surface area contributed by atoms with Gasteiger partial charge in [-0.25, -0.2) is 8.42 Å². The van der Waals surface area contributed by atoms with Gasteiger partial charge in [-0.2, -0.15) is 0 Å². The van der Waals surface area contributed by atoms with Crippen molar-refractivity contribution in [1.82, 2.24) is 10.2 Å². The van der Waals surface area contributed by atoms with Crippen molar-refractivity contribution < 1.29 is 8.42 Å². The van der Waals surface area contributed by atoms with Gasteiger partial charge in [0.2, 0.25) is 15.2 Å². The van der Waals surface area contributed by atoms with E-state index in [9.17, 15) is 8.42 Å². The van der Waals surface area contributed by atoms with Crippen LogP contribution in [0.5, 0.6) is 0 Å². The first-order valence-electron chi connectivity index (χ1n) is 7.07. The number of rotatable bonds is 5. The van der Waals surface area contributed by atoms with Gasteiger partial charge in [0, 0.05) is 10.6 Å². The van der Waals surface area contributed by atoms with Gasteiger partial charge in [0.1, 0.15) is 5.01 Å². The fourth-order valence-electron chi connectivity index (χ4n) is 2.05. The molecule has 24 heavy (non-hydrogen) atoms. The van der Waals surface area contributed by atoms with E-state index < -0.39 is 10.0 Å². The minimum absolute atomic E-state index is 0.149. The zero-order chi connectivity index (χ0) is 17.2. The predicted molar refractivity (Wildman–Crippen MR) is 97.8 cm³/mol. The van der Waals surface area contributed by atoms with Crippen LogP contribution in [0.2, 0.25) is 5.02 Å². The smallest absolute Gasteiger partial charge is 0.238 e. The molecule has 0 spiro atoms. The maximum Gasteiger partial charge on any atom is 0.238 e. The minimum atomic E-state index is -3.56. The Morgan fingerprint density at radius 2 is 1.71 bits per heavy atom. The summed E-state index contributed by atoms with van der Waals surface area (Å²) in [6.45, 7) is 2.00. The lowest BCUT2D eigenvalue weighted by atomic mass is 10.2.